The van der Waals surface area contributed by atoms with Crippen molar-refractivity contribution in [1.29, 1.82) is 0 Å². The van der Waals surface area contributed by atoms with Crippen LogP contribution < -0.4 is 5.56 Å². The molecule has 2 aromatic carbocycles. The number of furan rings is 1. The van der Waals surface area contributed by atoms with E-state index in [0.29, 0.717) is 31.0 Å². The van der Waals surface area contributed by atoms with E-state index in [-0.39, 0.29) is 5.56 Å². The van der Waals surface area contributed by atoms with Crippen LogP contribution in [0.25, 0.3) is 10.9 Å². The molecule has 194 valence electrons. The largest absolute Gasteiger partial charge is 0.468 e. The van der Waals surface area contributed by atoms with Gasteiger partial charge in [-0.2, -0.15) is 0 Å². The number of nitrogens with zero attached hydrogens (tertiary/aromatic N) is 6. The first-order chi connectivity index (χ1) is 19.1. The molecule has 6 rings (SSSR count). The predicted octanol–water partition coefficient (Wildman–Crippen LogP) is 4.65. The molecule has 1 atom stereocenters. The maximum Gasteiger partial charge on any atom is 0.253 e. The van der Waals surface area contributed by atoms with E-state index in [2.05, 4.69) is 30.4 Å². The quantitative estimate of drug-likeness (QED) is 0.298. The summed E-state index contributed by atoms with van der Waals surface area (Å²) in [6.07, 6.45) is 5.22. The van der Waals surface area contributed by atoms with Crippen molar-refractivity contribution in [2.24, 2.45) is 0 Å². The van der Waals surface area contributed by atoms with Gasteiger partial charge in [-0.05, 0) is 69.8 Å². The molecule has 0 fully saturated rings. The van der Waals surface area contributed by atoms with E-state index in [1.165, 1.54) is 0 Å². The fourth-order valence-corrected chi connectivity index (χ4v) is 4.88. The van der Waals surface area contributed by atoms with Gasteiger partial charge in [0.25, 0.3) is 5.56 Å². The molecule has 0 amide bonds. The minimum absolute atomic E-state index is 0.192. The highest BCUT2D eigenvalue weighted by Crippen LogP contribution is 2.30. The lowest BCUT2D eigenvalue weighted by molar-refractivity contribution is 0.179. The third kappa shape index (κ3) is 5.39. The van der Waals surface area contributed by atoms with Crippen molar-refractivity contribution in [3.8, 4) is 0 Å². The number of fused-ring (bicyclic) bond motifs is 1. The number of hydrogen-bond acceptors (Lipinski definition) is 7. The lowest BCUT2D eigenvalue weighted by Crippen LogP contribution is -2.35. The molecule has 0 spiro atoms. The lowest BCUT2D eigenvalue weighted by Gasteiger charge is -2.30. The van der Waals surface area contributed by atoms with Gasteiger partial charge in [0.2, 0.25) is 0 Å². The summed E-state index contributed by atoms with van der Waals surface area (Å²) >= 11 is 0. The van der Waals surface area contributed by atoms with Gasteiger partial charge < -0.3 is 9.40 Å². The minimum Gasteiger partial charge on any atom is -0.468 e. The Morgan fingerprint density at radius 3 is 2.64 bits per heavy atom. The van der Waals surface area contributed by atoms with Crippen molar-refractivity contribution in [1.82, 2.24) is 35.1 Å². The van der Waals surface area contributed by atoms with Gasteiger partial charge in [-0.25, -0.2) is 4.68 Å². The summed E-state index contributed by atoms with van der Waals surface area (Å²) in [7, 11) is 0. The molecule has 0 saturated carbocycles. The van der Waals surface area contributed by atoms with Gasteiger partial charge in [-0.15, -0.1) is 5.10 Å². The highest BCUT2D eigenvalue weighted by Gasteiger charge is 2.31. The van der Waals surface area contributed by atoms with Gasteiger partial charge in [0, 0.05) is 30.0 Å². The molecule has 1 N–H and O–H groups in total. The molecule has 6 aromatic rings. The van der Waals surface area contributed by atoms with Crippen molar-refractivity contribution in [3.63, 3.8) is 0 Å². The Morgan fingerprint density at radius 2 is 1.85 bits per heavy atom. The number of tetrazole rings is 1. The molecule has 0 aliphatic heterocycles. The highest BCUT2D eigenvalue weighted by atomic mass is 16.3. The highest BCUT2D eigenvalue weighted by molar-refractivity contribution is 5.79. The average molecular weight is 518 g/mol. The van der Waals surface area contributed by atoms with Crippen LogP contribution in [0.15, 0.2) is 107 Å². The minimum atomic E-state index is -0.580. The normalized spacial score (nSPS) is 12.3. The van der Waals surface area contributed by atoms with Gasteiger partial charge in [0.15, 0.2) is 5.82 Å². The van der Waals surface area contributed by atoms with Crippen LogP contribution in [0, 0.1) is 6.92 Å². The molecule has 1 unspecified atom stereocenters. The number of H-pyrrole nitrogens is 1. The topological polar surface area (TPSA) is 106 Å². The fraction of sp³-hybridized carbons (Fsp3) is 0.167. The Morgan fingerprint density at radius 1 is 0.974 bits per heavy atom. The summed E-state index contributed by atoms with van der Waals surface area (Å²) in [6.45, 7) is 3.38. The van der Waals surface area contributed by atoms with Gasteiger partial charge in [-0.1, -0.05) is 48.5 Å². The van der Waals surface area contributed by atoms with Gasteiger partial charge in [-0.3, -0.25) is 14.7 Å². The maximum atomic E-state index is 13.7. The number of nitrogens with one attached hydrogen (secondary N) is 1. The zero-order chi connectivity index (χ0) is 26.6. The molecule has 9 nitrogen and oxygen atoms in total. The van der Waals surface area contributed by atoms with Crippen LogP contribution in [0.5, 0.6) is 0 Å². The Labute approximate surface area is 224 Å². The monoisotopic (exact) mass is 517 g/mol. The molecule has 0 aliphatic carbocycles. The number of hydrogen-bond donors (Lipinski definition) is 1. The molecule has 4 aromatic heterocycles. The van der Waals surface area contributed by atoms with E-state index >= 15 is 0 Å². The average Bonchev–Trinajstić information content (AvgIpc) is 3.63. The van der Waals surface area contributed by atoms with Crippen molar-refractivity contribution in [2.45, 2.75) is 32.6 Å². The third-order valence-electron chi connectivity index (χ3n) is 6.72. The zero-order valence-corrected chi connectivity index (χ0v) is 21.4. The first kappa shape index (κ1) is 24.4. The fourth-order valence-electron chi connectivity index (χ4n) is 4.88. The van der Waals surface area contributed by atoms with Crippen molar-refractivity contribution >= 4 is 10.9 Å². The third-order valence-corrected chi connectivity index (χ3v) is 6.72. The Kier molecular flexibility index (Phi) is 6.80. The summed E-state index contributed by atoms with van der Waals surface area (Å²) in [5.41, 5.74) is 4.26. The second-order valence-corrected chi connectivity index (χ2v) is 9.57. The van der Waals surface area contributed by atoms with E-state index in [1.807, 2.05) is 92.0 Å². The number of aryl methyl sites for hydroxylation is 1. The molecule has 0 saturated heterocycles. The summed E-state index contributed by atoms with van der Waals surface area (Å²) in [4.78, 5) is 23.3. The molecule has 9 heteroatoms. The lowest BCUT2D eigenvalue weighted by atomic mass is 10.0. The summed E-state index contributed by atoms with van der Waals surface area (Å²) < 4.78 is 7.50. The standard InChI is InChI=1S/C30H27N7O2/c1-21-11-12-24-16-26(30(38)32-27(24)15-21)28(29-33-34-35-37(29)19-22-7-3-2-4-8-22)36(20-25-10-6-14-39-25)18-23-9-5-13-31-17-23/h2-17,28H,18-20H2,1H3,(H,32,38). The summed E-state index contributed by atoms with van der Waals surface area (Å²) in [6, 6.07) is 25.1. The van der Waals surface area contributed by atoms with Gasteiger partial charge in [0.1, 0.15) is 11.8 Å². The molecule has 0 aliphatic rings. The molecule has 0 radical (unpaired) electrons. The number of benzene rings is 2. The number of aromatic nitrogens is 6. The van der Waals surface area contributed by atoms with E-state index in [0.717, 1.165) is 33.4 Å². The second kappa shape index (κ2) is 10.8. The first-order valence-corrected chi connectivity index (χ1v) is 12.7. The van der Waals surface area contributed by atoms with Crippen LogP contribution in [-0.4, -0.2) is 35.1 Å². The van der Waals surface area contributed by atoms with E-state index in [9.17, 15) is 4.79 Å². The van der Waals surface area contributed by atoms with E-state index in [1.54, 1.807) is 17.1 Å². The smallest absolute Gasteiger partial charge is 0.253 e. The number of aromatic amines is 1. The number of pyridine rings is 2. The number of rotatable bonds is 9. The molecular weight excluding hydrogens is 490 g/mol. The summed E-state index contributed by atoms with van der Waals surface area (Å²) in [5.74, 6) is 1.32. The maximum absolute atomic E-state index is 13.7. The SMILES string of the molecule is Cc1ccc2cc(C(c3nnnn3Cc3ccccc3)N(Cc3cccnc3)Cc3ccco3)c(=O)[nH]c2c1. The Bertz CT molecular complexity index is 1730. The van der Waals surface area contributed by atoms with Crippen LogP contribution in [0.2, 0.25) is 0 Å². The Balaban J connectivity index is 1.52. The first-order valence-electron chi connectivity index (χ1n) is 12.7. The van der Waals surface area contributed by atoms with Crippen LogP contribution >= 0.6 is 0 Å². The molecule has 4 heterocycles. The van der Waals surface area contributed by atoms with E-state index < -0.39 is 6.04 Å². The van der Waals surface area contributed by atoms with Crippen molar-refractivity contribution in [2.75, 3.05) is 0 Å². The zero-order valence-electron chi connectivity index (χ0n) is 21.4. The van der Waals surface area contributed by atoms with Crippen LogP contribution in [0.1, 0.15) is 39.9 Å². The Hall–Kier alpha value is -4.89. The molecular formula is C30H27N7O2. The van der Waals surface area contributed by atoms with Crippen molar-refractivity contribution < 1.29 is 4.42 Å². The molecule has 39 heavy (non-hydrogen) atoms. The molecule has 0 bridgehead atoms. The van der Waals surface area contributed by atoms with Crippen LogP contribution in [0.3, 0.4) is 0 Å². The predicted molar refractivity (Wildman–Crippen MR) is 147 cm³/mol. The van der Waals surface area contributed by atoms with E-state index in [4.69, 9.17) is 4.42 Å². The van der Waals surface area contributed by atoms with Gasteiger partial charge >= 0.3 is 0 Å². The van der Waals surface area contributed by atoms with Crippen LogP contribution in [-0.2, 0) is 19.6 Å². The summed E-state index contributed by atoms with van der Waals surface area (Å²) in [5, 5.41) is 13.8. The van der Waals surface area contributed by atoms with Gasteiger partial charge in [0.05, 0.1) is 19.4 Å². The second-order valence-electron chi connectivity index (χ2n) is 9.57. The van der Waals surface area contributed by atoms with Crippen molar-refractivity contribution in [3.05, 3.63) is 142 Å². The van der Waals surface area contributed by atoms with Crippen LogP contribution in [0.4, 0.5) is 0 Å².